The Morgan fingerprint density at radius 1 is 0.904 bits per heavy atom. The zero-order valence-corrected chi connectivity index (χ0v) is 31.4. The molecular formula is C43H43ClN4O3S. The van der Waals surface area contributed by atoms with E-state index in [2.05, 4.69) is 95.4 Å². The summed E-state index contributed by atoms with van der Waals surface area (Å²) in [6.45, 7) is 9.54. The van der Waals surface area contributed by atoms with Gasteiger partial charge in [-0.05, 0) is 88.8 Å². The second-order valence-electron chi connectivity index (χ2n) is 13.7. The Labute approximate surface area is 315 Å². The third kappa shape index (κ3) is 9.05. The molecule has 0 amide bonds. The lowest BCUT2D eigenvalue weighted by Crippen LogP contribution is -2.10. The minimum atomic E-state index is -0.809. The zero-order chi connectivity index (χ0) is 36.7. The first-order chi connectivity index (χ1) is 25.1. The summed E-state index contributed by atoms with van der Waals surface area (Å²) >= 11 is 7.81. The number of carboxylic acid groups (broad SMARTS) is 1. The number of aliphatic carboxylic acids is 1. The Kier molecular flexibility index (Phi) is 11.7. The predicted octanol–water partition coefficient (Wildman–Crippen LogP) is 10.8. The van der Waals surface area contributed by atoms with E-state index in [1.807, 2.05) is 73.7 Å². The van der Waals surface area contributed by atoms with E-state index in [-0.39, 0.29) is 5.41 Å². The maximum absolute atomic E-state index is 11.6. The highest BCUT2D eigenvalue weighted by Gasteiger charge is 2.20. The second-order valence-corrected chi connectivity index (χ2v) is 15.2. The van der Waals surface area contributed by atoms with Crippen LogP contribution in [0.25, 0.3) is 17.1 Å². The molecule has 266 valence electrons. The fraction of sp³-hybridized carbons (Fsp3) is 0.233. The molecule has 52 heavy (non-hydrogen) atoms. The highest BCUT2D eigenvalue weighted by molar-refractivity contribution is 7.99. The van der Waals surface area contributed by atoms with Gasteiger partial charge >= 0.3 is 5.97 Å². The number of carboxylic acids is 1. The quantitative estimate of drug-likeness (QED) is 0.115. The molecule has 6 aromatic rings. The SMILES string of the molecule is CCC(C(=O)O)c1ccc(NCc2ccc(Sc3nnc(-c4ccc(C(C)(C)C)cc4)n3-c3ccc(Cl)cc3)cc2OCCc2ccccc2)cc1. The van der Waals surface area contributed by atoms with Gasteiger partial charge in [0.15, 0.2) is 5.82 Å². The van der Waals surface area contributed by atoms with Crippen molar-refractivity contribution in [1.82, 2.24) is 14.8 Å². The summed E-state index contributed by atoms with van der Waals surface area (Å²) in [5.41, 5.74) is 7.06. The Bertz CT molecular complexity index is 2090. The fourth-order valence-electron chi connectivity index (χ4n) is 5.96. The van der Waals surface area contributed by atoms with Crippen molar-refractivity contribution >= 4 is 35.0 Å². The van der Waals surface area contributed by atoms with Crippen LogP contribution in [0.4, 0.5) is 5.69 Å². The van der Waals surface area contributed by atoms with Crippen molar-refractivity contribution in [3.8, 4) is 22.8 Å². The molecule has 1 aromatic heterocycles. The number of benzene rings is 5. The van der Waals surface area contributed by atoms with Crippen molar-refractivity contribution in [1.29, 1.82) is 0 Å². The molecule has 0 aliphatic rings. The minimum absolute atomic E-state index is 0.0385. The van der Waals surface area contributed by atoms with E-state index in [9.17, 15) is 9.90 Å². The molecule has 0 aliphatic heterocycles. The van der Waals surface area contributed by atoms with Gasteiger partial charge in [0.2, 0.25) is 5.16 Å². The molecule has 0 spiro atoms. The van der Waals surface area contributed by atoms with Crippen LogP contribution in [-0.4, -0.2) is 32.4 Å². The van der Waals surface area contributed by atoms with Gasteiger partial charge in [-0.25, -0.2) is 0 Å². The summed E-state index contributed by atoms with van der Waals surface area (Å²) < 4.78 is 8.53. The molecule has 0 bridgehead atoms. The molecule has 0 saturated carbocycles. The first kappa shape index (κ1) is 36.7. The van der Waals surface area contributed by atoms with Gasteiger partial charge < -0.3 is 15.2 Å². The van der Waals surface area contributed by atoms with Crippen LogP contribution < -0.4 is 10.1 Å². The van der Waals surface area contributed by atoms with Crippen molar-refractivity contribution in [3.63, 3.8) is 0 Å². The number of nitrogens with one attached hydrogen (secondary N) is 1. The van der Waals surface area contributed by atoms with E-state index in [1.54, 1.807) is 0 Å². The van der Waals surface area contributed by atoms with Gasteiger partial charge in [-0.3, -0.25) is 9.36 Å². The number of ether oxygens (including phenoxy) is 1. The van der Waals surface area contributed by atoms with Crippen LogP contribution in [0, 0.1) is 0 Å². The van der Waals surface area contributed by atoms with Crippen molar-refractivity contribution in [3.05, 3.63) is 149 Å². The van der Waals surface area contributed by atoms with Gasteiger partial charge in [0.1, 0.15) is 5.75 Å². The van der Waals surface area contributed by atoms with Crippen molar-refractivity contribution in [2.45, 2.75) is 68.5 Å². The normalized spacial score (nSPS) is 12.0. The summed E-state index contributed by atoms with van der Waals surface area (Å²) in [6.07, 6.45) is 1.31. The molecule has 2 N–H and O–H groups in total. The lowest BCUT2D eigenvalue weighted by Gasteiger charge is -2.19. The maximum Gasteiger partial charge on any atom is 0.310 e. The highest BCUT2D eigenvalue weighted by atomic mass is 35.5. The number of halogens is 1. The van der Waals surface area contributed by atoms with Gasteiger partial charge in [0.05, 0.1) is 12.5 Å². The van der Waals surface area contributed by atoms with Gasteiger partial charge in [0, 0.05) is 45.4 Å². The first-order valence-corrected chi connectivity index (χ1v) is 18.6. The summed E-state index contributed by atoms with van der Waals surface area (Å²) in [6, 6.07) is 40.4. The van der Waals surface area contributed by atoms with E-state index in [1.165, 1.54) is 22.9 Å². The molecule has 0 saturated heterocycles. The number of anilines is 1. The lowest BCUT2D eigenvalue weighted by atomic mass is 9.87. The standard InChI is InChI=1S/C43H43ClN4O3S/c1-5-38(41(49)50)30-13-20-35(21-14-30)45-28-32-15-24-37(27-39(32)51-26-25-29-9-7-6-8-10-29)52-42-47-46-40(48(42)36-22-18-34(44)19-23-36)31-11-16-33(17-12-31)43(2,3)4/h6-24,27,38,45H,5,25-26,28H2,1-4H3,(H,49,50). The number of hydrogen-bond acceptors (Lipinski definition) is 6. The van der Waals surface area contributed by atoms with Crippen LogP contribution in [0.15, 0.2) is 131 Å². The Hall–Kier alpha value is -5.05. The molecule has 1 heterocycles. The summed E-state index contributed by atoms with van der Waals surface area (Å²) in [4.78, 5) is 12.6. The summed E-state index contributed by atoms with van der Waals surface area (Å²) in [5, 5.41) is 23.8. The monoisotopic (exact) mass is 730 g/mol. The molecule has 0 aliphatic carbocycles. The third-order valence-corrected chi connectivity index (χ3v) is 10.2. The van der Waals surface area contributed by atoms with Crippen LogP contribution in [0.1, 0.15) is 62.3 Å². The topological polar surface area (TPSA) is 89.3 Å². The summed E-state index contributed by atoms with van der Waals surface area (Å²) in [7, 11) is 0. The molecule has 6 rings (SSSR count). The number of rotatable bonds is 14. The highest BCUT2D eigenvalue weighted by Crippen LogP contribution is 2.36. The van der Waals surface area contributed by atoms with E-state index in [4.69, 9.17) is 16.3 Å². The van der Waals surface area contributed by atoms with E-state index in [0.717, 1.165) is 51.0 Å². The molecule has 0 radical (unpaired) electrons. The van der Waals surface area contributed by atoms with Crippen LogP contribution >= 0.6 is 23.4 Å². The van der Waals surface area contributed by atoms with Gasteiger partial charge in [-0.15, -0.1) is 10.2 Å². The van der Waals surface area contributed by atoms with Crippen LogP contribution in [0.2, 0.25) is 5.02 Å². The number of carbonyl (C=O) groups is 1. The molecule has 1 atom stereocenters. The zero-order valence-electron chi connectivity index (χ0n) is 29.8. The first-order valence-electron chi connectivity index (χ1n) is 17.5. The maximum atomic E-state index is 11.6. The van der Waals surface area contributed by atoms with Crippen LogP contribution in [0.3, 0.4) is 0 Å². The smallest absolute Gasteiger partial charge is 0.310 e. The second kappa shape index (κ2) is 16.5. The van der Waals surface area contributed by atoms with Crippen molar-refractivity contribution in [2.24, 2.45) is 0 Å². The Balaban J connectivity index is 1.28. The molecular weight excluding hydrogens is 688 g/mol. The van der Waals surface area contributed by atoms with Crippen LogP contribution in [0.5, 0.6) is 5.75 Å². The van der Waals surface area contributed by atoms with Gasteiger partial charge in [-0.2, -0.15) is 0 Å². The van der Waals surface area contributed by atoms with E-state index >= 15 is 0 Å². The molecule has 9 heteroatoms. The Morgan fingerprint density at radius 3 is 2.27 bits per heavy atom. The van der Waals surface area contributed by atoms with Gasteiger partial charge in [-0.1, -0.05) is 112 Å². The average Bonchev–Trinajstić information content (AvgIpc) is 3.55. The third-order valence-electron chi connectivity index (χ3n) is 8.97. The van der Waals surface area contributed by atoms with Crippen molar-refractivity contribution in [2.75, 3.05) is 11.9 Å². The molecule has 5 aromatic carbocycles. The fourth-order valence-corrected chi connectivity index (χ4v) is 6.96. The van der Waals surface area contributed by atoms with Crippen LogP contribution in [-0.2, 0) is 23.2 Å². The van der Waals surface area contributed by atoms with Crippen molar-refractivity contribution < 1.29 is 14.6 Å². The van der Waals surface area contributed by atoms with E-state index in [0.29, 0.717) is 29.8 Å². The molecule has 0 fully saturated rings. The minimum Gasteiger partial charge on any atom is -0.493 e. The predicted molar refractivity (Wildman–Crippen MR) is 211 cm³/mol. The number of aromatic nitrogens is 3. The summed E-state index contributed by atoms with van der Waals surface area (Å²) in [5.74, 6) is 0.192. The average molecular weight is 731 g/mol. The molecule has 7 nitrogen and oxygen atoms in total. The Morgan fingerprint density at radius 2 is 1.62 bits per heavy atom. The molecule has 1 unspecified atom stereocenters. The lowest BCUT2D eigenvalue weighted by molar-refractivity contribution is -0.138. The number of nitrogens with zero attached hydrogens (tertiary/aromatic N) is 3. The van der Waals surface area contributed by atoms with Gasteiger partial charge in [0.25, 0.3) is 0 Å². The van der Waals surface area contributed by atoms with E-state index < -0.39 is 11.9 Å². The largest absolute Gasteiger partial charge is 0.493 e. The number of hydrogen-bond donors (Lipinski definition) is 2.